The van der Waals surface area contributed by atoms with Gasteiger partial charge in [0.25, 0.3) is 5.91 Å². The van der Waals surface area contributed by atoms with Crippen LogP contribution in [-0.4, -0.2) is 30.2 Å². The molecule has 0 saturated carbocycles. The third-order valence-corrected chi connectivity index (χ3v) is 4.80. The summed E-state index contributed by atoms with van der Waals surface area (Å²) < 4.78 is 17.0. The van der Waals surface area contributed by atoms with E-state index in [9.17, 15) is 4.79 Å². The first kappa shape index (κ1) is 23.3. The summed E-state index contributed by atoms with van der Waals surface area (Å²) in [5, 5.41) is 2.92. The van der Waals surface area contributed by atoms with Crippen molar-refractivity contribution in [3.63, 3.8) is 0 Å². The van der Waals surface area contributed by atoms with Crippen molar-refractivity contribution in [2.75, 3.05) is 12.4 Å². The van der Waals surface area contributed by atoms with Crippen LogP contribution in [-0.2, 0) is 11.2 Å². The number of benzene rings is 2. The molecule has 3 aromatic rings. The van der Waals surface area contributed by atoms with Crippen molar-refractivity contribution in [1.82, 2.24) is 4.98 Å². The largest absolute Gasteiger partial charge is 0.493 e. The monoisotopic (exact) mass is 434 g/mol. The van der Waals surface area contributed by atoms with E-state index < -0.39 is 0 Å². The lowest BCUT2D eigenvalue weighted by Gasteiger charge is -2.16. The van der Waals surface area contributed by atoms with Crippen LogP contribution in [0.3, 0.4) is 0 Å². The molecule has 6 heteroatoms. The zero-order chi connectivity index (χ0) is 23.1. The smallest absolute Gasteiger partial charge is 0.257 e. The van der Waals surface area contributed by atoms with Crippen LogP contribution in [0, 0.1) is 6.92 Å². The van der Waals surface area contributed by atoms with E-state index in [0.717, 1.165) is 5.69 Å². The Bertz CT molecular complexity index is 1050. The summed E-state index contributed by atoms with van der Waals surface area (Å²) in [6, 6.07) is 18.3. The van der Waals surface area contributed by atoms with Gasteiger partial charge < -0.3 is 19.5 Å². The second kappa shape index (κ2) is 10.8. The normalized spacial score (nSPS) is 11.8. The minimum Gasteiger partial charge on any atom is -0.493 e. The zero-order valence-corrected chi connectivity index (χ0v) is 19.2. The van der Waals surface area contributed by atoms with Crippen molar-refractivity contribution in [2.24, 2.45) is 0 Å². The van der Waals surface area contributed by atoms with Crippen LogP contribution in [0.1, 0.15) is 42.5 Å². The van der Waals surface area contributed by atoms with Crippen LogP contribution in [0.15, 0.2) is 60.7 Å². The molecule has 1 heterocycles. The molecule has 1 atom stereocenters. The van der Waals surface area contributed by atoms with Crippen molar-refractivity contribution in [1.29, 1.82) is 0 Å². The van der Waals surface area contributed by atoms with Crippen molar-refractivity contribution in [3.8, 4) is 17.2 Å². The zero-order valence-electron chi connectivity index (χ0n) is 19.2. The van der Waals surface area contributed by atoms with Crippen LogP contribution in [0.2, 0.25) is 0 Å². The molecule has 0 spiro atoms. The number of aryl methyl sites for hydroxylation is 1. The van der Waals surface area contributed by atoms with Gasteiger partial charge in [-0.2, -0.15) is 0 Å². The summed E-state index contributed by atoms with van der Waals surface area (Å²) in [4.78, 5) is 17.3. The molecule has 0 radical (unpaired) electrons. The average Bonchev–Trinajstić information content (AvgIpc) is 2.75. The number of nitrogens with one attached hydrogen (secondary N) is 1. The minimum absolute atomic E-state index is 0.0677. The maximum atomic E-state index is 12.7. The molecule has 0 fully saturated rings. The van der Waals surface area contributed by atoms with E-state index in [1.807, 2.05) is 64.1 Å². The Hall–Kier alpha value is -3.38. The Labute approximate surface area is 189 Å². The maximum Gasteiger partial charge on any atom is 0.257 e. The highest BCUT2D eigenvalue weighted by Gasteiger charge is 2.13. The highest BCUT2D eigenvalue weighted by atomic mass is 16.5. The summed E-state index contributed by atoms with van der Waals surface area (Å²) in [6.45, 7) is 7.90. The lowest BCUT2D eigenvalue weighted by Crippen LogP contribution is -2.18. The van der Waals surface area contributed by atoms with Crippen molar-refractivity contribution >= 4 is 11.6 Å². The number of carbonyl (C=O) groups is 1. The second-order valence-corrected chi connectivity index (χ2v) is 7.87. The molecule has 0 aliphatic heterocycles. The predicted molar refractivity (Wildman–Crippen MR) is 126 cm³/mol. The Morgan fingerprint density at radius 3 is 2.28 bits per heavy atom. The molecule has 6 nitrogen and oxygen atoms in total. The Morgan fingerprint density at radius 1 is 0.969 bits per heavy atom. The van der Waals surface area contributed by atoms with Crippen molar-refractivity contribution in [3.05, 3.63) is 77.6 Å². The van der Waals surface area contributed by atoms with Crippen LogP contribution in [0.5, 0.6) is 17.2 Å². The molecule has 0 aliphatic rings. The number of ether oxygens (including phenoxy) is 3. The van der Waals surface area contributed by atoms with Crippen LogP contribution >= 0.6 is 0 Å². The molecule has 1 unspecified atom stereocenters. The minimum atomic E-state index is -0.202. The SMILES string of the molecule is COc1ccccc1Oc1ccc(NC(=O)c2ccc(CC(C)OC(C)C)nc2C)cc1. The first-order valence-electron chi connectivity index (χ1n) is 10.7. The van der Waals surface area contributed by atoms with Gasteiger partial charge in [0.05, 0.1) is 30.6 Å². The topological polar surface area (TPSA) is 69.7 Å². The lowest BCUT2D eigenvalue weighted by molar-refractivity contribution is 0.0190. The molecule has 0 bridgehead atoms. The molecule has 2 aromatic carbocycles. The van der Waals surface area contributed by atoms with Gasteiger partial charge in [0, 0.05) is 17.8 Å². The van der Waals surface area contributed by atoms with Crippen molar-refractivity contribution in [2.45, 2.75) is 46.3 Å². The number of rotatable bonds is 9. The van der Waals surface area contributed by atoms with E-state index in [0.29, 0.717) is 40.6 Å². The van der Waals surface area contributed by atoms with Gasteiger partial charge in [-0.1, -0.05) is 12.1 Å². The maximum absolute atomic E-state index is 12.7. The van der Waals surface area contributed by atoms with E-state index in [1.54, 1.807) is 31.4 Å². The van der Waals surface area contributed by atoms with Gasteiger partial charge in [-0.3, -0.25) is 9.78 Å². The number of aromatic nitrogens is 1. The molecule has 0 aliphatic carbocycles. The van der Waals surface area contributed by atoms with E-state index in [1.165, 1.54) is 0 Å². The van der Waals surface area contributed by atoms with Crippen LogP contribution in [0.4, 0.5) is 5.69 Å². The standard InChI is InChI=1S/C26H30N2O4/c1-17(2)31-18(3)16-21-12-15-23(19(4)27-21)26(29)28-20-10-13-22(14-11-20)32-25-9-7-6-8-24(25)30-5/h6-15,17-18H,16H2,1-5H3,(H,28,29). The van der Waals surface area contributed by atoms with Gasteiger partial charge in [-0.25, -0.2) is 0 Å². The van der Waals surface area contributed by atoms with E-state index >= 15 is 0 Å². The fraction of sp³-hybridized carbons (Fsp3) is 0.308. The molecular weight excluding hydrogens is 404 g/mol. The molecule has 3 rings (SSSR count). The molecule has 1 aromatic heterocycles. The van der Waals surface area contributed by atoms with Gasteiger partial charge in [0.2, 0.25) is 0 Å². The Kier molecular flexibility index (Phi) is 7.84. The Morgan fingerprint density at radius 2 is 1.66 bits per heavy atom. The number of nitrogens with zero attached hydrogens (tertiary/aromatic N) is 1. The van der Waals surface area contributed by atoms with Gasteiger partial charge in [-0.15, -0.1) is 0 Å². The summed E-state index contributed by atoms with van der Waals surface area (Å²) in [5.74, 6) is 1.72. The second-order valence-electron chi connectivity index (χ2n) is 7.87. The summed E-state index contributed by atoms with van der Waals surface area (Å²) in [5.41, 5.74) is 2.81. The molecule has 1 N–H and O–H groups in total. The number of pyridine rings is 1. The van der Waals surface area contributed by atoms with Gasteiger partial charge in [0.15, 0.2) is 11.5 Å². The van der Waals surface area contributed by atoms with E-state index in [-0.39, 0.29) is 18.1 Å². The van der Waals surface area contributed by atoms with Crippen LogP contribution in [0.25, 0.3) is 0 Å². The highest BCUT2D eigenvalue weighted by molar-refractivity contribution is 6.05. The predicted octanol–water partition coefficient (Wildman–Crippen LogP) is 5.80. The van der Waals surface area contributed by atoms with E-state index in [4.69, 9.17) is 14.2 Å². The number of carbonyl (C=O) groups excluding carboxylic acids is 1. The van der Waals surface area contributed by atoms with Gasteiger partial charge in [-0.05, 0) is 76.2 Å². The van der Waals surface area contributed by atoms with Gasteiger partial charge in [0.1, 0.15) is 5.75 Å². The van der Waals surface area contributed by atoms with Crippen molar-refractivity contribution < 1.29 is 19.0 Å². The summed E-state index contributed by atoms with van der Waals surface area (Å²) in [7, 11) is 1.60. The van der Waals surface area contributed by atoms with Crippen LogP contribution < -0.4 is 14.8 Å². The lowest BCUT2D eigenvalue weighted by atomic mass is 10.1. The highest BCUT2D eigenvalue weighted by Crippen LogP contribution is 2.31. The number of amides is 1. The molecule has 32 heavy (non-hydrogen) atoms. The number of hydrogen-bond acceptors (Lipinski definition) is 5. The number of anilines is 1. The fourth-order valence-corrected chi connectivity index (χ4v) is 3.41. The third kappa shape index (κ3) is 6.31. The molecule has 0 saturated heterocycles. The molecular formula is C26H30N2O4. The first-order chi connectivity index (χ1) is 15.4. The number of para-hydroxylation sites is 2. The Balaban J connectivity index is 1.63. The third-order valence-electron chi connectivity index (χ3n) is 4.80. The molecule has 168 valence electrons. The summed E-state index contributed by atoms with van der Waals surface area (Å²) >= 11 is 0. The first-order valence-corrected chi connectivity index (χ1v) is 10.7. The molecule has 1 amide bonds. The van der Waals surface area contributed by atoms with Gasteiger partial charge >= 0.3 is 0 Å². The average molecular weight is 435 g/mol. The van der Waals surface area contributed by atoms with E-state index in [2.05, 4.69) is 10.3 Å². The number of hydrogen-bond donors (Lipinski definition) is 1. The summed E-state index contributed by atoms with van der Waals surface area (Å²) in [6.07, 6.45) is 0.940. The number of methoxy groups -OCH3 is 1. The fourth-order valence-electron chi connectivity index (χ4n) is 3.41. The quantitative estimate of drug-likeness (QED) is 0.461.